The topological polar surface area (TPSA) is 56.0 Å². The van der Waals surface area contributed by atoms with Crippen molar-refractivity contribution in [3.8, 4) is 6.07 Å². The van der Waals surface area contributed by atoms with Crippen molar-refractivity contribution < 1.29 is 5.11 Å². The van der Waals surface area contributed by atoms with Crippen LogP contribution < -0.4 is 5.32 Å². The first-order valence-electron chi connectivity index (χ1n) is 6.87. The third-order valence-electron chi connectivity index (χ3n) is 3.29. The average molecular weight is 335 g/mol. The first-order valence-corrected chi connectivity index (χ1v) is 7.78. The van der Waals surface area contributed by atoms with Gasteiger partial charge in [0.2, 0.25) is 0 Å². The molecule has 0 aliphatic carbocycles. The molecule has 2 N–H and O–H groups in total. The Hall–Kier alpha value is -1.57. The Morgan fingerprint density at radius 2 is 1.86 bits per heavy atom. The summed E-state index contributed by atoms with van der Waals surface area (Å²) in [5.41, 5.74) is 2.54. The second kappa shape index (κ2) is 8.17. The lowest BCUT2D eigenvalue weighted by molar-refractivity contribution is 0.191. The van der Waals surface area contributed by atoms with E-state index in [1.807, 2.05) is 42.5 Å². The number of nitrogens with one attached hydrogen (secondary N) is 1. The van der Waals surface area contributed by atoms with Gasteiger partial charge in [0.05, 0.1) is 23.8 Å². The highest BCUT2D eigenvalue weighted by molar-refractivity contribution is 6.30. The number of aliphatic hydroxyl groups excluding tert-OH is 1. The largest absolute Gasteiger partial charge is 0.391 e. The lowest BCUT2D eigenvalue weighted by Crippen LogP contribution is -2.32. The summed E-state index contributed by atoms with van der Waals surface area (Å²) in [7, 11) is 0. The minimum absolute atomic E-state index is 0.150. The van der Waals surface area contributed by atoms with Crippen LogP contribution in [-0.2, 0) is 0 Å². The van der Waals surface area contributed by atoms with E-state index in [0.717, 1.165) is 11.1 Å². The fourth-order valence-electron chi connectivity index (χ4n) is 2.18. The normalized spacial score (nSPS) is 13.4. The van der Waals surface area contributed by atoms with E-state index in [4.69, 9.17) is 28.5 Å². The molecule has 2 aromatic rings. The highest BCUT2D eigenvalue weighted by Crippen LogP contribution is 2.24. The van der Waals surface area contributed by atoms with Gasteiger partial charge in [0.15, 0.2) is 0 Å². The summed E-state index contributed by atoms with van der Waals surface area (Å²) in [5.74, 6) is 0.165. The van der Waals surface area contributed by atoms with Crippen molar-refractivity contribution >= 4 is 23.2 Å². The fourth-order valence-corrected chi connectivity index (χ4v) is 2.41. The molecule has 0 fully saturated rings. The second-order valence-electron chi connectivity index (χ2n) is 4.94. The van der Waals surface area contributed by atoms with E-state index in [0.29, 0.717) is 17.1 Å². The first-order chi connectivity index (χ1) is 10.6. The molecule has 3 nitrogen and oxygen atoms in total. The molecule has 0 heterocycles. The number of benzene rings is 2. The monoisotopic (exact) mass is 334 g/mol. The van der Waals surface area contributed by atoms with Gasteiger partial charge in [-0.2, -0.15) is 5.26 Å². The van der Waals surface area contributed by atoms with E-state index >= 15 is 0 Å². The van der Waals surface area contributed by atoms with Gasteiger partial charge < -0.3 is 10.4 Å². The van der Waals surface area contributed by atoms with Crippen LogP contribution in [0.5, 0.6) is 0 Å². The Morgan fingerprint density at radius 1 is 1.14 bits per heavy atom. The van der Waals surface area contributed by atoms with Gasteiger partial charge in [0.25, 0.3) is 0 Å². The molecule has 0 spiro atoms. The van der Waals surface area contributed by atoms with E-state index < -0.39 is 6.10 Å². The van der Waals surface area contributed by atoms with Crippen molar-refractivity contribution in [2.75, 3.05) is 12.4 Å². The number of halogens is 2. The summed E-state index contributed by atoms with van der Waals surface area (Å²) in [5, 5.41) is 22.7. The molecule has 0 amide bonds. The highest BCUT2D eigenvalue weighted by atomic mass is 35.5. The molecular weight excluding hydrogens is 319 g/mol. The SMILES string of the molecule is N#Cc1cccc(C(NCC(O)CCl)c2ccc(Cl)cc2)c1. The number of hydrogen-bond donors (Lipinski definition) is 2. The first kappa shape index (κ1) is 16.8. The number of aliphatic hydroxyl groups is 1. The van der Waals surface area contributed by atoms with Gasteiger partial charge in [0, 0.05) is 17.4 Å². The van der Waals surface area contributed by atoms with Crippen molar-refractivity contribution in [1.82, 2.24) is 5.32 Å². The Labute approximate surface area is 140 Å². The maximum absolute atomic E-state index is 9.68. The van der Waals surface area contributed by atoms with Crippen molar-refractivity contribution in [2.45, 2.75) is 12.1 Å². The Balaban J connectivity index is 2.31. The van der Waals surface area contributed by atoms with E-state index in [-0.39, 0.29) is 11.9 Å². The zero-order valence-electron chi connectivity index (χ0n) is 11.8. The molecule has 0 saturated heterocycles. The van der Waals surface area contributed by atoms with Crippen LogP contribution >= 0.6 is 23.2 Å². The maximum atomic E-state index is 9.68. The molecule has 0 aliphatic heterocycles. The van der Waals surface area contributed by atoms with Crippen LogP contribution in [0, 0.1) is 11.3 Å². The summed E-state index contributed by atoms with van der Waals surface area (Å²) in [6.45, 7) is 0.355. The van der Waals surface area contributed by atoms with Crippen LogP contribution in [0.2, 0.25) is 5.02 Å². The van der Waals surface area contributed by atoms with Crippen LogP contribution in [0.25, 0.3) is 0 Å². The highest BCUT2D eigenvalue weighted by Gasteiger charge is 2.15. The Bertz CT molecular complexity index is 652. The lowest BCUT2D eigenvalue weighted by atomic mass is 9.97. The minimum Gasteiger partial charge on any atom is -0.391 e. The Morgan fingerprint density at radius 3 is 2.50 bits per heavy atom. The molecule has 0 aromatic heterocycles. The van der Waals surface area contributed by atoms with Gasteiger partial charge in [0.1, 0.15) is 0 Å². The second-order valence-corrected chi connectivity index (χ2v) is 5.68. The van der Waals surface area contributed by atoms with Crippen LogP contribution in [0.4, 0.5) is 0 Å². The zero-order chi connectivity index (χ0) is 15.9. The fraction of sp³-hybridized carbons (Fsp3) is 0.235. The quantitative estimate of drug-likeness (QED) is 0.795. The van der Waals surface area contributed by atoms with Gasteiger partial charge in [-0.1, -0.05) is 35.9 Å². The smallest absolute Gasteiger partial charge is 0.0991 e. The summed E-state index contributed by atoms with van der Waals surface area (Å²) in [6.07, 6.45) is -0.629. The molecule has 2 unspecified atom stereocenters. The standard InChI is InChI=1S/C17H16Cl2N2O/c18-9-16(22)11-21-17(13-4-6-15(19)7-5-13)14-3-1-2-12(8-14)10-20/h1-8,16-17,21-22H,9,11H2. The van der Waals surface area contributed by atoms with Gasteiger partial charge in [-0.25, -0.2) is 0 Å². The molecule has 0 bridgehead atoms. The van der Waals surface area contributed by atoms with Crippen LogP contribution in [0.3, 0.4) is 0 Å². The van der Waals surface area contributed by atoms with Gasteiger partial charge in [-0.15, -0.1) is 11.6 Å². The molecule has 5 heteroatoms. The zero-order valence-corrected chi connectivity index (χ0v) is 13.3. The molecule has 22 heavy (non-hydrogen) atoms. The molecule has 0 aliphatic rings. The average Bonchev–Trinajstić information content (AvgIpc) is 2.56. The van der Waals surface area contributed by atoms with E-state index in [1.54, 1.807) is 6.07 Å². The predicted octanol–water partition coefficient (Wildman–Crippen LogP) is 3.49. The van der Waals surface area contributed by atoms with Crippen LogP contribution in [0.1, 0.15) is 22.7 Å². The van der Waals surface area contributed by atoms with Crippen LogP contribution in [-0.4, -0.2) is 23.6 Å². The van der Waals surface area contributed by atoms with Gasteiger partial charge >= 0.3 is 0 Å². The number of hydrogen-bond acceptors (Lipinski definition) is 3. The summed E-state index contributed by atoms with van der Waals surface area (Å²) in [4.78, 5) is 0. The Kier molecular flexibility index (Phi) is 6.23. The predicted molar refractivity (Wildman–Crippen MR) is 89.2 cm³/mol. The van der Waals surface area contributed by atoms with Crippen molar-refractivity contribution in [2.24, 2.45) is 0 Å². The van der Waals surface area contributed by atoms with Crippen molar-refractivity contribution in [3.05, 3.63) is 70.2 Å². The molecule has 114 valence electrons. The molecule has 2 rings (SSSR count). The van der Waals surface area contributed by atoms with Crippen LogP contribution in [0.15, 0.2) is 48.5 Å². The number of nitrogens with zero attached hydrogens (tertiary/aromatic N) is 1. The number of rotatable bonds is 6. The van der Waals surface area contributed by atoms with Crippen molar-refractivity contribution in [3.63, 3.8) is 0 Å². The van der Waals surface area contributed by atoms with E-state index in [2.05, 4.69) is 11.4 Å². The van der Waals surface area contributed by atoms with Crippen molar-refractivity contribution in [1.29, 1.82) is 5.26 Å². The molecule has 0 saturated carbocycles. The third kappa shape index (κ3) is 4.46. The summed E-state index contributed by atoms with van der Waals surface area (Å²) in [6, 6.07) is 16.9. The molecule has 2 aromatic carbocycles. The minimum atomic E-state index is -0.629. The molecule has 2 atom stereocenters. The number of nitriles is 1. The summed E-state index contributed by atoms with van der Waals surface area (Å²) < 4.78 is 0. The molecule has 0 radical (unpaired) electrons. The lowest BCUT2D eigenvalue weighted by Gasteiger charge is -2.21. The third-order valence-corrected chi connectivity index (χ3v) is 3.90. The maximum Gasteiger partial charge on any atom is 0.0991 e. The van der Waals surface area contributed by atoms with E-state index in [9.17, 15) is 5.11 Å². The molecular formula is C17H16Cl2N2O. The van der Waals surface area contributed by atoms with Gasteiger partial charge in [-0.3, -0.25) is 0 Å². The van der Waals surface area contributed by atoms with E-state index in [1.165, 1.54) is 0 Å². The number of alkyl halides is 1. The van der Waals surface area contributed by atoms with Gasteiger partial charge in [-0.05, 0) is 35.4 Å². The summed E-state index contributed by atoms with van der Waals surface area (Å²) >= 11 is 11.6.